The third kappa shape index (κ3) is 37.6. The van der Waals surface area contributed by atoms with E-state index in [2.05, 4.69) is 0 Å². The number of aliphatic carboxylic acids is 6. The number of carboxylic acids is 6. The fourth-order valence-corrected chi connectivity index (χ4v) is 2.01. The van der Waals surface area contributed by atoms with Gasteiger partial charge in [-0.2, -0.15) is 0 Å². The van der Waals surface area contributed by atoms with E-state index in [1.165, 1.54) is 19.1 Å². The van der Waals surface area contributed by atoms with E-state index in [4.69, 9.17) is 69.2 Å². The van der Waals surface area contributed by atoms with E-state index >= 15 is 0 Å². The van der Waals surface area contributed by atoms with Crippen molar-refractivity contribution in [3.05, 3.63) is 29.8 Å². The number of aromatic hydroxyl groups is 1. The van der Waals surface area contributed by atoms with Crippen LogP contribution in [0.15, 0.2) is 24.3 Å². The monoisotopic (exact) mass is 623 g/mol. The minimum Gasteiger partial charge on any atom is -0.508 e. The molecule has 18 heteroatoms. The molecule has 1 aromatic carbocycles. The van der Waals surface area contributed by atoms with Crippen molar-refractivity contribution >= 4 is 35.8 Å². The van der Waals surface area contributed by atoms with Crippen molar-refractivity contribution in [1.82, 2.24) is 0 Å². The minimum absolute atomic E-state index is 0.0231. The van der Waals surface area contributed by atoms with Gasteiger partial charge >= 0.3 is 29.8 Å². The fraction of sp³-hybridized carbons (Fsp3) is 0.520. The molecule has 1 rings (SSSR count). The Labute approximate surface area is 248 Å². The molecule has 1 unspecified atom stereocenters. The SMILES string of the molecule is CC(=O)O.C[C@H](N)C(=O)O.NC(CCC(=O)O)C(=O)O.NCCCC[C@H](N)C(=O)O.N[C@@H](Cc1ccc(O)cc1)C(=O)O. The van der Waals surface area contributed by atoms with E-state index in [0.717, 1.165) is 25.3 Å². The van der Waals surface area contributed by atoms with Crippen LogP contribution in [0.25, 0.3) is 0 Å². The van der Waals surface area contributed by atoms with E-state index in [0.29, 0.717) is 13.0 Å². The van der Waals surface area contributed by atoms with E-state index in [9.17, 15) is 24.0 Å². The molecule has 0 aliphatic heterocycles. The molecule has 0 fully saturated rings. The largest absolute Gasteiger partial charge is 0.508 e. The number of hydrogen-bond acceptors (Lipinski definition) is 12. The first-order valence-electron chi connectivity index (χ1n) is 12.5. The van der Waals surface area contributed by atoms with Crippen LogP contribution in [0.4, 0.5) is 0 Å². The smallest absolute Gasteiger partial charge is 0.320 e. The summed E-state index contributed by atoms with van der Waals surface area (Å²) in [6, 6.07) is 2.92. The van der Waals surface area contributed by atoms with Crippen LogP contribution in [0.1, 0.15) is 51.5 Å². The van der Waals surface area contributed by atoms with Gasteiger partial charge in [-0.1, -0.05) is 18.6 Å². The number of rotatable bonds is 13. The maximum atomic E-state index is 10.4. The summed E-state index contributed by atoms with van der Waals surface area (Å²) in [5.74, 6) is -5.79. The Kier molecular flexibility index (Phi) is 29.5. The second-order valence-corrected chi connectivity index (χ2v) is 8.57. The second kappa shape index (κ2) is 27.8. The van der Waals surface area contributed by atoms with Gasteiger partial charge in [-0.05, 0) is 56.8 Å². The van der Waals surface area contributed by atoms with Gasteiger partial charge in [-0.15, -0.1) is 0 Å². The Hall–Kier alpha value is -4.36. The Morgan fingerprint density at radius 2 is 1.05 bits per heavy atom. The molecule has 1 aromatic rings. The van der Waals surface area contributed by atoms with E-state index in [-0.39, 0.29) is 25.0 Å². The van der Waals surface area contributed by atoms with Crippen LogP contribution in [0.2, 0.25) is 0 Å². The van der Waals surface area contributed by atoms with Gasteiger partial charge in [0.2, 0.25) is 0 Å². The van der Waals surface area contributed by atoms with Crippen molar-refractivity contribution in [2.75, 3.05) is 6.54 Å². The lowest BCUT2D eigenvalue weighted by molar-refractivity contribution is -0.141. The highest BCUT2D eigenvalue weighted by Gasteiger charge is 2.13. The highest BCUT2D eigenvalue weighted by Crippen LogP contribution is 2.10. The molecule has 18 nitrogen and oxygen atoms in total. The second-order valence-electron chi connectivity index (χ2n) is 8.57. The Balaban J connectivity index is -0.000000232. The van der Waals surface area contributed by atoms with Crippen LogP contribution in [-0.2, 0) is 35.2 Å². The van der Waals surface area contributed by atoms with Gasteiger partial charge in [0, 0.05) is 13.3 Å². The number of carboxylic acid groups (broad SMARTS) is 6. The number of phenolic OH excluding ortho intramolecular Hbond substituents is 1. The molecular formula is C25H45N5O13. The Bertz CT molecular complexity index is 955. The summed E-state index contributed by atoms with van der Waals surface area (Å²) in [5, 5.41) is 57.4. The van der Waals surface area contributed by atoms with Gasteiger partial charge < -0.3 is 64.4 Å². The number of unbranched alkanes of at least 4 members (excludes halogenated alkanes) is 1. The van der Waals surface area contributed by atoms with Crippen molar-refractivity contribution in [2.45, 2.75) is 76.5 Å². The Morgan fingerprint density at radius 1 is 0.674 bits per heavy atom. The zero-order valence-corrected chi connectivity index (χ0v) is 24.0. The highest BCUT2D eigenvalue weighted by molar-refractivity contribution is 5.75. The quantitative estimate of drug-likeness (QED) is 0.113. The van der Waals surface area contributed by atoms with Crippen LogP contribution in [0.3, 0.4) is 0 Å². The maximum Gasteiger partial charge on any atom is 0.320 e. The predicted octanol–water partition coefficient (Wildman–Crippen LogP) is -1.35. The molecule has 4 atom stereocenters. The van der Waals surface area contributed by atoms with Gasteiger partial charge in [0.05, 0.1) is 0 Å². The predicted molar refractivity (Wildman–Crippen MR) is 153 cm³/mol. The molecule has 17 N–H and O–H groups in total. The first-order chi connectivity index (χ1) is 19.7. The molecule has 0 aromatic heterocycles. The lowest BCUT2D eigenvalue weighted by Gasteiger charge is -2.05. The normalized spacial score (nSPS) is 12.2. The van der Waals surface area contributed by atoms with Crippen molar-refractivity contribution in [1.29, 1.82) is 0 Å². The summed E-state index contributed by atoms with van der Waals surface area (Å²) in [6.07, 6.45) is 2.21. The maximum absolute atomic E-state index is 10.4. The standard InChI is InChI=1S/C9H11NO3.C6H14N2O2.C5H9NO4.C3H7NO2.C2H4O2/c10-8(9(12)13)5-6-1-3-7(11)4-2-6;7-4-2-1-3-5(8)6(9)10;6-3(5(9)10)1-2-4(7)8;1-2(4)3(5)6;1-2(3)4/h1-4,8,11H,5,10H2,(H,12,13);5H,1-4,7-8H2,(H,9,10);3H,1-2,6H2,(H,7,8)(H,9,10);2H,4H2,1H3,(H,5,6);1H3,(H,3,4)/t8-;5-;;2-;/m00.0./s1. The fourth-order valence-electron chi connectivity index (χ4n) is 2.01. The van der Waals surface area contributed by atoms with Crippen molar-refractivity contribution < 1.29 is 64.5 Å². The zero-order valence-electron chi connectivity index (χ0n) is 24.0. The van der Waals surface area contributed by atoms with Crippen LogP contribution in [0.5, 0.6) is 5.75 Å². The molecule has 0 spiro atoms. The molecule has 43 heavy (non-hydrogen) atoms. The number of benzene rings is 1. The molecule has 0 radical (unpaired) electrons. The zero-order chi connectivity index (χ0) is 34.7. The molecule has 0 bridgehead atoms. The number of phenols is 1. The van der Waals surface area contributed by atoms with Gasteiger partial charge in [-0.3, -0.25) is 28.8 Å². The average molecular weight is 624 g/mol. The van der Waals surface area contributed by atoms with Crippen LogP contribution < -0.4 is 28.7 Å². The lowest BCUT2D eigenvalue weighted by Crippen LogP contribution is -2.32. The number of hydrogen-bond donors (Lipinski definition) is 12. The molecule has 0 saturated heterocycles. The minimum atomic E-state index is -1.17. The summed E-state index contributed by atoms with van der Waals surface area (Å²) in [6.45, 7) is 3.11. The molecule has 248 valence electrons. The third-order valence-electron chi connectivity index (χ3n) is 4.37. The molecule has 0 saturated carbocycles. The first-order valence-corrected chi connectivity index (χ1v) is 12.5. The number of nitrogens with two attached hydrogens (primary N) is 5. The summed E-state index contributed by atoms with van der Waals surface area (Å²) in [5.41, 5.74) is 26.4. The molecule has 0 heterocycles. The average Bonchev–Trinajstić information content (AvgIpc) is 2.89. The molecule has 0 aliphatic rings. The van der Waals surface area contributed by atoms with Gasteiger partial charge in [0.25, 0.3) is 5.97 Å². The summed E-state index contributed by atoms with van der Waals surface area (Å²) in [4.78, 5) is 59.0. The van der Waals surface area contributed by atoms with E-state index in [1.54, 1.807) is 12.1 Å². The van der Waals surface area contributed by atoms with Gasteiger partial charge in [-0.25, -0.2) is 0 Å². The Morgan fingerprint density at radius 3 is 1.35 bits per heavy atom. The van der Waals surface area contributed by atoms with Crippen LogP contribution >= 0.6 is 0 Å². The first kappa shape index (κ1) is 45.6. The molecular weight excluding hydrogens is 578 g/mol. The third-order valence-corrected chi connectivity index (χ3v) is 4.37. The highest BCUT2D eigenvalue weighted by atomic mass is 16.4. The summed E-state index contributed by atoms with van der Waals surface area (Å²) >= 11 is 0. The van der Waals surface area contributed by atoms with Crippen LogP contribution in [-0.4, -0.2) is 102 Å². The van der Waals surface area contributed by atoms with E-state index in [1.807, 2.05) is 0 Å². The van der Waals surface area contributed by atoms with Crippen molar-refractivity contribution in [2.24, 2.45) is 28.7 Å². The van der Waals surface area contributed by atoms with Crippen LogP contribution in [0, 0.1) is 0 Å². The molecule has 0 aliphatic carbocycles. The van der Waals surface area contributed by atoms with E-state index < -0.39 is 60.0 Å². The topological polar surface area (TPSA) is 374 Å². The summed E-state index contributed by atoms with van der Waals surface area (Å²) < 4.78 is 0. The van der Waals surface area contributed by atoms with Gasteiger partial charge in [0.1, 0.15) is 29.9 Å². The molecule has 0 amide bonds. The lowest BCUT2D eigenvalue weighted by atomic mass is 10.1. The van der Waals surface area contributed by atoms with Crippen molar-refractivity contribution in [3.63, 3.8) is 0 Å². The number of carbonyl (C=O) groups is 6. The summed E-state index contributed by atoms with van der Waals surface area (Å²) in [7, 11) is 0. The van der Waals surface area contributed by atoms with Crippen molar-refractivity contribution in [3.8, 4) is 5.75 Å². The van der Waals surface area contributed by atoms with Gasteiger partial charge in [0.15, 0.2) is 0 Å².